The van der Waals surface area contributed by atoms with Gasteiger partial charge in [0.05, 0.1) is 12.6 Å². The summed E-state index contributed by atoms with van der Waals surface area (Å²) in [5, 5.41) is 5.77. The molecule has 4 rings (SSSR count). The molecule has 2 heterocycles. The van der Waals surface area contributed by atoms with Crippen molar-refractivity contribution >= 4 is 27.6 Å². The third-order valence-electron chi connectivity index (χ3n) is 4.04. The number of methoxy groups -OCH3 is 1. The number of fused-ring (bicyclic) bond motifs is 3. The Balaban J connectivity index is 1.68. The van der Waals surface area contributed by atoms with E-state index in [1.165, 1.54) is 10.9 Å². The summed E-state index contributed by atoms with van der Waals surface area (Å²) < 4.78 is 5.19. The number of aromatic nitrogens is 2. The van der Waals surface area contributed by atoms with Crippen LogP contribution in [0, 0.1) is 0 Å². The first-order valence-corrected chi connectivity index (χ1v) is 7.57. The molecule has 4 heteroatoms. The molecule has 4 aromatic rings. The van der Waals surface area contributed by atoms with Gasteiger partial charge in [-0.25, -0.2) is 4.98 Å². The van der Waals surface area contributed by atoms with Crippen LogP contribution in [0.3, 0.4) is 0 Å². The second-order valence-corrected chi connectivity index (χ2v) is 5.45. The summed E-state index contributed by atoms with van der Waals surface area (Å²) >= 11 is 0. The van der Waals surface area contributed by atoms with Gasteiger partial charge in [0, 0.05) is 29.0 Å². The van der Waals surface area contributed by atoms with Crippen molar-refractivity contribution in [3.05, 3.63) is 66.4 Å². The first kappa shape index (κ1) is 13.6. The number of anilines is 1. The number of nitrogens with one attached hydrogen (secondary N) is 2. The van der Waals surface area contributed by atoms with Crippen molar-refractivity contribution in [2.75, 3.05) is 12.4 Å². The maximum Gasteiger partial charge on any atom is 0.136 e. The van der Waals surface area contributed by atoms with E-state index in [0.29, 0.717) is 0 Å². The summed E-state index contributed by atoms with van der Waals surface area (Å²) in [4.78, 5) is 7.96. The molecular formula is C19H17N3O. The van der Waals surface area contributed by atoms with E-state index in [0.717, 1.165) is 34.5 Å². The molecule has 0 aliphatic heterocycles. The van der Waals surface area contributed by atoms with E-state index >= 15 is 0 Å². The number of hydrogen-bond donors (Lipinski definition) is 2. The Morgan fingerprint density at radius 3 is 2.65 bits per heavy atom. The van der Waals surface area contributed by atoms with Gasteiger partial charge in [-0.05, 0) is 29.8 Å². The zero-order valence-corrected chi connectivity index (χ0v) is 12.8. The standard InChI is InChI=1S/C19H17N3O/c1-23-14-8-6-13(7-9-14)12-21-19-18-15-4-2-3-5-16(15)22-17(18)10-11-20-19/h2-11,22H,12H2,1H3,(H,20,21). The average molecular weight is 303 g/mol. The quantitative estimate of drug-likeness (QED) is 0.590. The van der Waals surface area contributed by atoms with Gasteiger partial charge in [0.2, 0.25) is 0 Å². The monoisotopic (exact) mass is 303 g/mol. The maximum absolute atomic E-state index is 5.19. The number of aromatic amines is 1. The molecule has 0 aliphatic rings. The van der Waals surface area contributed by atoms with E-state index in [-0.39, 0.29) is 0 Å². The number of benzene rings is 2. The molecule has 0 spiro atoms. The van der Waals surface area contributed by atoms with Crippen LogP contribution in [-0.2, 0) is 6.54 Å². The fourth-order valence-corrected chi connectivity index (χ4v) is 2.86. The van der Waals surface area contributed by atoms with Gasteiger partial charge >= 0.3 is 0 Å². The fourth-order valence-electron chi connectivity index (χ4n) is 2.86. The smallest absolute Gasteiger partial charge is 0.136 e. The van der Waals surface area contributed by atoms with Crippen molar-refractivity contribution in [3.63, 3.8) is 0 Å². The van der Waals surface area contributed by atoms with Crippen molar-refractivity contribution in [2.24, 2.45) is 0 Å². The zero-order chi connectivity index (χ0) is 15.6. The van der Waals surface area contributed by atoms with Gasteiger partial charge in [-0.1, -0.05) is 30.3 Å². The number of ether oxygens (including phenoxy) is 1. The molecule has 0 bridgehead atoms. The SMILES string of the molecule is COc1ccc(CNc2nccc3[nH]c4ccccc4c23)cc1. The van der Waals surface area contributed by atoms with Crippen molar-refractivity contribution in [3.8, 4) is 5.75 Å². The van der Waals surface area contributed by atoms with E-state index in [1.54, 1.807) is 7.11 Å². The lowest BCUT2D eigenvalue weighted by atomic mass is 10.1. The largest absolute Gasteiger partial charge is 0.497 e. The van der Waals surface area contributed by atoms with E-state index < -0.39 is 0 Å². The second kappa shape index (κ2) is 5.65. The molecule has 23 heavy (non-hydrogen) atoms. The van der Waals surface area contributed by atoms with Gasteiger partial charge in [0.15, 0.2) is 0 Å². The van der Waals surface area contributed by atoms with E-state index in [2.05, 4.69) is 45.6 Å². The van der Waals surface area contributed by atoms with E-state index in [4.69, 9.17) is 4.74 Å². The molecule has 2 aromatic carbocycles. The minimum atomic E-state index is 0.718. The van der Waals surface area contributed by atoms with Gasteiger partial charge in [0.1, 0.15) is 11.6 Å². The van der Waals surface area contributed by atoms with Crippen molar-refractivity contribution in [2.45, 2.75) is 6.54 Å². The molecule has 2 N–H and O–H groups in total. The van der Waals surface area contributed by atoms with Crippen LogP contribution in [0.1, 0.15) is 5.56 Å². The van der Waals surface area contributed by atoms with Crippen LogP contribution in [0.4, 0.5) is 5.82 Å². The highest BCUT2D eigenvalue weighted by Crippen LogP contribution is 2.30. The third-order valence-corrected chi connectivity index (χ3v) is 4.04. The highest BCUT2D eigenvalue weighted by Gasteiger charge is 2.09. The molecule has 0 fully saturated rings. The van der Waals surface area contributed by atoms with Crippen LogP contribution >= 0.6 is 0 Å². The van der Waals surface area contributed by atoms with Crippen molar-refractivity contribution in [1.29, 1.82) is 0 Å². The van der Waals surface area contributed by atoms with Crippen LogP contribution < -0.4 is 10.1 Å². The molecule has 0 unspecified atom stereocenters. The first-order valence-electron chi connectivity index (χ1n) is 7.57. The van der Waals surface area contributed by atoms with Gasteiger partial charge < -0.3 is 15.0 Å². The molecule has 0 radical (unpaired) electrons. The molecule has 2 aromatic heterocycles. The Morgan fingerprint density at radius 1 is 1.00 bits per heavy atom. The minimum absolute atomic E-state index is 0.718. The molecule has 4 nitrogen and oxygen atoms in total. The molecule has 0 aliphatic carbocycles. The molecule has 0 atom stereocenters. The van der Waals surface area contributed by atoms with Crippen LogP contribution in [0.15, 0.2) is 60.8 Å². The normalized spacial score (nSPS) is 11.0. The zero-order valence-electron chi connectivity index (χ0n) is 12.8. The van der Waals surface area contributed by atoms with Gasteiger partial charge in [-0.15, -0.1) is 0 Å². The van der Waals surface area contributed by atoms with E-state index in [9.17, 15) is 0 Å². The molecule has 0 saturated carbocycles. The predicted molar refractivity (Wildman–Crippen MR) is 93.9 cm³/mol. The Bertz CT molecular complexity index is 957. The lowest BCUT2D eigenvalue weighted by Gasteiger charge is -2.08. The van der Waals surface area contributed by atoms with Gasteiger partial charge in [-0.2, -0.15) is 0 Å². The van der Waals surface area contributed by atoms with Crippen molar-refractivity contribution < 1.29 is 4.74 Å². The highest BCUT2D eigenvalue weighted by atomic mass is 16.5. The summed E-state index contributed by atoms with van der Waals surface area (Å²) in [6, 6.07) is 18.4. The summed E-state index contributed by atoms with van der Waals surface area (Å²) in [5.74, 6) is 1.77. The highest BCUT2D eigenvalue weighted by molar-refractivity contribution is 6.12. The number of para-hydroxylation sites is 1. The molecule has 0 amide bonds. The predicted octanol–water partition coefficient (Wildman–Crippen LogP) is 4.34. The molecule has 0 saturated heterocycles. The van der Waals surface area contributed by atoms with Gasteiger partial charge in [-0.3, -0.25) is 0 Å². The number of rotatable bonds is 4. The van der Waals surface area contributed by atoms with Crippen LogP contribution in [0.2, 0.25) is 0 Å². The lowest BCUT2D eigenvalue weighted by Crippen LogP contribution is -2.01. The second-order valence-electron chi connectivity index (χ2n) is 5.45. The Labute approximate surface area is 134 Å². The van der Waals surface area contributed by atoms with Gasteiger partial charge in [0.25, 0.3) is 0 Å². The topological polar surface area (TPSA) is 49.9 Å². The number of hydrogen-bond acceptors (Lipinski definition) is 3. The average Bonchev–Trinajstić information content (AvgIpc) is 2.99. The van der Waals surface area contributed by atoms with Crippen LogP contribution in [0.5, 0.6) is 5.75 Å². The van der Waals surface area contributed by atoms with Crippen molar-refractivity contribution in [1.82, 2.24) is 9.97 Å². The Hall–Kier alpha value is -3.01. The number of nitrogens with zero attached hydrogens (tertiary/aromatic N) is 1. The van der Waals surface area contributed by atoms with Crippen LogP contribution in [-0.4, -0.2) is 17.1 Å². The van der Waals surface area contributed by atoms with E-state index in [1.807, 2.05) is 30.5 Å². The Kier molecular flexibility index (Phi) is 3.35. The minimum Gasteiger partial charge on any atom is -0.497 e. The number of pyridine rings is 1. The lowest BCUT2D eigenvalue weighted by molar-refractivity contribution is 0.414. The number of H-pyrrole nitrogens is 1. The first-order chi connectivity index (χ1) is 11.3. The fraction of sp³-hybridized carbons (Fsp3) is 0.105. The third kappa shape index (κ3) is 2.48. The molecule has 114 valence electrons. The summed E-state index contributed by atoms with van der Waals surface area (Å²) in [7, 11) is 1.68. The molecular weight excluding hydrogens is 286 g/mol. The summed E-state index contributed by atoms with van der Waals surface area (Å²) in [5.41, 5.74) is 3.41. The van der Waals surface area contributed by atoms with Crippen LogP contribution in [0.25, 0.3) is 21.8 Å². The summed E-state index contributed by atoms with van der Waals surface area (Å²) in [6.45, 7) is 0.718. The Morgan fingerprint density at radius 2 is 1.83 bits per heavy atom. The maximum atomic E-state index is 5.19. The summed E-state index contributed by atoms with van der Waals surface area (Å²) in [6.07, 6.45) is 1.83.